The Morgan fingerprint density at radius 3 is 2.64 bits per heavy atom. The topological polar surface area (TPSA) is 85.2 Å². The average Bonchev–Trinajstić information content (AvgIpc) is 3.36. The van der Waals surface area contributed by atoms with E-state index in [-0.39, 0.29) is 0 Å². The van der Waals surface area contributed by atoms with Crippen LogP contribution in [0.1, 0.15) is 5.69 Å². The van der Waals surface area contributed by atoms with E-state index in [4.69, 9.17) is 4.98 Å². The van der Waals surface area contributed by atoms with Gasteiger partial charge in [0.15, 0.2) is 5.82 Å². The third kappa shape index (κ3) is 2.83. The first-order valence-corrected chi connectivity index (χ1v) is 8.91. The van der Waals surface area contributed by atoms with E-state index in [1.807, 2.05) is 69.2 Å². The molecule has 1 N–H and O–H groups in total. The lowest BCUT2D eigenvalue weighted by Crippen LogP contribution is -1.97. The van der Waals surface area contributed by atoms with E-state index in [0.717, 1.165) is 44.8 Å². The molecule has 28 heavy (non-hydrogen) atoms. The summed E-state index contributed by atoms with van der Waals surface area (Å²) in [6, 6.07) is 9.90. The minimum absolute atomic E-state index is 0.584. The van der Waals surface area contributed by atoms with E-state index >= 15 is 0 Å². The molecule has 0 saturated carbocycles. The molecule has 0 aliphatic heterocycles. The van der Waals surface area contributed by atoms with Gasteiger partial charge in [0.2, 0.25) is 0 Å². The van der Waals surface area contributed by atoms with Gasteiger partial charge >= 0.3 is 0 Å². The lowest BCUT2D eigenvalue weighted by Gasteiger charge is -2.08. The van der Waals surface area contributed by atoms with E-state index in [2.05, 4.69) is 31.1 Å². The summed E-state index contributed by atoms with van der Waals surface area (Å²) in [5.41, 5.74) is 6.18. The van der Waals surface area contributed by atoms with Gasteiger partial charge in [-0.25, -0.2) is 15.0 Å². The second-order valence-corrected chi connectivity index (χ2v) is 6.66. The van der Waals surface area contributed by atoms with Crippen molar-refractivity contribution in [3.05, 3.63) is 67.0 Å². The fourth-order valence-corrected chi connectivity index (χ4v) is 3.24. The summed E-state index contributed by atoms with van der Waals surface area (Å²) < 4.78 is 1.78. The van der Waals surface area contributed by atoms with Crippen molar-refractivity contribution < 1.29 is 0 Å². The fourth-order valence-electron chi connectivity index (χ4n) is 3.24. The molecule has 5 rings (SSSR count). The molecule has 5 aromatic rings. The molecule has 5 aromatic heterocycles. The summed E-state index contributed by atoms with van der Waals surface area (Å²) in [6.07, 6.45) is 9.32. The molecular weight excluding hydrogens is 350 g/mol. The predicted octanol–water partition coefficient (Wildman–Crippen LogP) is 3.79. The van der Waals surface area contributed by atoms with Crippen LogP contribution in [0.5, 0.6) is 0 Å². The van der Waals surface area contributed by atoms with Crippen LogP contribution in [0.2, 0.25) is 0 Å². The van der Waals surface area contributed by atoms with Crippen LogP contribution < -0.4 is 0 Å². The van der Waals surface area contributed by atoms with Crippen molar-refractivity contribution in [3.63, 3.8) is 0 Å². The molecule has 0 saturated heterocycles. The Balaban J connectivity index is 1.69. The molecule has 0 aliphatic rings. The van der Waals surface area contributed by atoms with Gasteiger partial charge in [-0.05, 0) is 31.2 Å². The van der Waals surface area contributed by atoms with Crippen LogP contribution in [0.15, 0.2) is 61.3 Å². The van der Waals surface area contributed by atoms with Crippen LogP contribution in [0.4, 0.5) is 0 Å². The zero-order chi connectivity index (χ0) is 19.1. The highest BCUT2D eigenvalue weighted by Gasteiger charge is 2.14. The summed E-state index contributed by atoms with van der Waals surface area (Å²) in [4.78, 5) is 21.7. The second kappa shape index (κ2) is 6.38. The van der Waals surface area contributed by atoms with Gasteiger partial charge in [-0.15, -0.1) is 0 Å². The number of fused-ring (bicyclic) bond motifs is 1. The second-order valence-electron chi connectivity index (χ2n) is 6.66. The van der Waals surface area contributed by atoms with Gasteiger partial charge in [-0.3, -0.25) is 9.67 Å². The number of hydrogen-bond donors (Lipinski definition) is 1. The van der Waals surface area contributed by atoms with Crippen LogP contribution in [0, 0.1) is 6.92 Å². The molecule has 7 heteroatoms. The number of aromatic amines is 1. The van der Waals surface area contributed by atoms with E-state index in [1.165, 1.54) is 0 Å². The number of aryl methyl sites for hydroxylation is 2. The molecule has 0 bridgehead atoms. The van der Waals surface area contributed by atoms with Gasteiger partial charge in [-0.2, -0.15) is 5.10 Å². The van der Waals surface area contributed by atoms with Crippen molar-refractivity contribution in [1.82, 2.24) is 34.7 Å². The smallest absolute Gasteiger partial charge is 0.180 e. The number of hydrogen-bond acceptors (Lipinski definition) is 5. The van der Waals surface area contributed by atoms with Gasteiger partial charge in [-0.1, -0.05) is 6.07 Å². The molecule has 5 heterocycles. The Morgan fingerprint density at radius 2 is 1.82 bits per heavy atom. The molecule has 0 aliphatic carbocycles. The molecular formula is C21H17N7. The molecule has 0 spiro atoms. The minimum atomic E-state index is 0.584. The number of pyridine rings is 2. The molecule has 0 unspecified atom stereocenters. The standard InChI is InChI=1S/C21H17N7/c1-13-4-3-5-18(25-13)21-26-19(17-6-7-23-20(17)27-21)15-8-14(9-22-10-15)16-11-24-28(2)12-16/h3-12H,1-2H3,(H,23,26,27). The highest BCUT2D eigenvalue weighted by Crippen LogP contribution is 2.30. The zero-order valence-corrected chi connectivity index (χ0v) is 15.5. The van der Waals surface area contributed by atoms with Crippen LogP contribution in [-0.2, 0) is 7.05 Å². The first-order valence-electron chi connectivity index (χ1n) is 8.91. The van der Waals surface area contributed by atoms with Crippen molar-refractivity contribution in [1.29, 1.82) is 0 Å². The molecule has 0 fully saturated rings. The highest BCUT2D eigenvalue weighted by atomic mass is 15.2. The molecule has 7 nitrogen and oxygen atoms in total. The van der Waals surface area contributed by atoms with Crippen molar-refractivity contribution in [3.8, 4) is 33.9 Å². The third-order valence-electron chi connectivity index (χ3n) is 4.58. The summed E-state index contributed by atoms with van der Waals surface area (Å²) in [5, 5.41) is 5.19. The van der Waals surface area contributed by atoms with Crippen molar-refractivity contribution in [2.45, 2.75) is 6.92 Å². The Kier molecular flexibility index (Phi) is 3.72. The van der Waals surface area contributed by atoms with Crippen LogP contribution in [-0.4, -0.2) is 34.7 Å². The molecule has 136 valence electrons. The summed E-state index contributed by atoms with van der Waals surface area (Å²) in [5.74, 6) is 0.584. The lowest BCUT2D eigenvalue weighted by molar-refractivity contribution is 0.768. The molecule has 0 radical (unpaired) electrons. The average molecular weight is 367 g/mol. The van der Waals surface area contributed by atoms with Gasteiger partial charge in [0.05, 0.1) is 11.9 Å². The number of nitrogens with zero attached hydrogens (tertiary/aromatic N) is 6. The first-order chi connectivity index (χ1) is 13.7. The largest absolute Gasteiger partial charge is 0.346 e. The maximum absolute atomic E-state index is 4.84. The van der Waals surface area contributed by atoms with E-state index in [1.54, 1.807) is 4.68 Å². The number of rotatable bonds is 3. The first kappa shape index (κ1) is 16.3. The van der Waals surface area contributed by atoms with E-state index < -0.39 is 0 Å². The maximum atomic E-state index is 4.84. The van der Waals surface area contributed by atoms with Crippen molar-refractivity contribution >= 4 is 11.0 Å². The van der Waals surface area contributed by atoms with Gasteiger partial charge in [0.25, 0.3) is 0 Å². The highest BCUT2D eigenvalue weighted by molar-refractivity contribution is 5.92. The summed E-state index contributed by atoms with van der Waals surface area (Å²) >= 11 is 0. The van der Waals surface area contributed by atoms with Crippen molar-refractivity contribution in [2.75, 3.05) is 0 Å². The number of H-pyrrole nitrogens is 1. The fraction of sp³-hybridized carbons (Fsp3) is 0.0952. The van der Waals surface area contributed by atoms with Gasteiger partial charge in [0.1, 0.15) is 11.3 Å². The minimum Gasteiger partial charge on any atom is -0.346 e. The van der Waals surface area contributed by atoms with E-state index in [0.29, 0.717) is 5.82 Å². The zero-order valence-electron chi connectivity index (χ0n) is 15.5. The Morgan fingerprint density at radius 1 is 0.929 bits per heavy atom. The molecule has 0 aromatic carbocycles. The number of aromatic nitrogens is 7. The van der Waals surface area contributed by atoms with Crippen LogP contribution >= 0.6 is 0 Å². The van der Waals surface area contributed by atoms with Crippen LogP contribution in [0.3, 0.4) is 0 Å². The molecule has 0 atom stereocenters. The monoisotopic (exact) mass is 367 g/mol. The normalized spacial score (nSPS) is 11.2. The summed E-state index contributed by atoms with van der Waals surface area (Å²) in [6.45, 7) is 1.96. The third-order valence-corrected chi connectivity index (χ3v) is 4.58. The van der Waals surface area contributed by atoms with Gasteiger partial charge < -0.3 is 4.98 Å². The number of nitrogens with one attached hydrogen (secondary N) is 1. The Bertz CT molecular complexity index is 1300. The quantitative estimate of drug-likeness (QED) is 0.524. The van der Waals surface area contributed by atoms with Crippen LogP contribution in [0.25, 0.3) is 44.9 Å². The van der Waals surface area contributed by atoms with Crippen molar-refractivity contribution in [2.24, 2.45) is 7.05 Å². The molecule has 0 amide bonds. The predicted molar refractivity (Wildman–Crippen MR) is 107 cm³/mol. The SMILES string of the molecule is Cc1cccc(-c2nc(-c3cncc(-c4cnn(C)c4)c3)c3cc[nH]c3n2)n1. The maximum Gasteiger partial charge on any atom is 0.180 e. The Hall–Kier alpha value is -3.87. The lowest BCUT2D eigenvalue weighted by atomic mass is 10.1. The van der Waals surface area contributed by atoms with E-state index in [9.17, 15) is 0 Å². The Labute approximate surface area is 161 Å². The van der Waals surface area contributed by atoms with Gasteiger partial charge in [0, 0.05) is 59.6 Å². The summed E-state index contributed by atoms with van der Waals surface area (Å²) in [7, 11) is 1.90.